The van der Waals surface area contributed by atoms with Gasteiger partial charge in [0.05, 0.1) is 44.8 Å². The van der Waals surface area contributed by atoms with E-state index in [1.807, 2.05) is 24.3 Å². The van der Waals surface area contributed by atoms with Crippen molar-refractivity contribution in [2.24, 2.45) is 0 Å². The van der Waals surface area contributed by atoms with Crippen molar-refractivity contribution in [3.05, 3.63) is 35.9 Å². The number of carbonyl (C=O) groups is 1. The van der Waals surface area contributed by atoms with Crippen LogP contribution in [0.5, 0.6) is 23.0 Å². The SMILES string of the molecule is COc1cccc2c(OC)c3c(OC)c(C=O)ccc3c(OC)c12. The second kappa shape index (κ2) is 6.28. The molecule has 0 atom stereocenters. The third-order valence-electron chi connectivity index (χ3n) is 4.12. The number of aldehydes is 1. The van der Waals surface area contributed by atoms with Crippen molar-refractivity contribution in [1.82, 2.24) is 0 Å². The molecule has 0 bridgehead atoms. The quantitative estimate of drug-likeness (QED) is 0.527. The molecule has 124 valence electrons. The number of hydrogen-bond donors (Lipinski definition) is 0. The van der Waals surface area contributed by atoms with E-state index in [1.165, 1.54) is 7.11 Å². The van der Waals surface area contributed by atoms with Crippen LogP contribution in [0.25, 0.3) is 21.5 Å². The predicted octanol–water partition coefficient (Wildman–Crippen LogP) is 3.84. The van der Waals surface area contributed by atoms with Crippen molar-refractivity contribution in [3.8, 4) is 23.0 Å². The van der Waals surface area contributed by atoms with Gasteiger partial charge in [0.25, 0.3) is 0 Å². The number of methoxy groups -OCH3 is 4. The predicted molar refractivity (Wildman–Crippen MR) is 93.0 cm³/mol. The van der Waals surface area contributed by atoms with Gasteiger partial charge in [-0.25, -0.2) is 0 Å². The van der Waals surface area contributed by atoms with Crippen LogP contribution in [0.2, 0.25) is 0 Å². The smallest absolute Gasteiger partial charge is 0.153 e. The van der Waals surface area contributed by atoms with Crippen LogP contribution in [0.1, 0.15) is 10.4 Å². The Labute approximate surface area is 139 Å². The first kappa shape index (κ1) is 15.9. The molecule has 0 aromatic heterocycles. The van der Waals surface area contributed by atoms with E-state index in [0.717, 1.165) is 22.4 Å². The maximum absolute atomic E-state index is 11.4. The van der Waals surface area contributed by atoms with E-state index in [2.05, 4.69) is 0 Å². The number of ether oxygens (including phenoxy) is 4. The molecule has 0 spiro atoms. The van der Waals surface area contributed by atoms with Crippen molar-refractivity contribution in [3.63, 3.8) is 0 Å². The molecule has 0 fully saturated rings. The normalized spacial score (nSPS) is 10.7. The van der Waals surface area contributed by atoms with E-state index in [1.54, 1.807) is 27.4 Å². The Morgan fingerprint density at radius 3 is 1.92 bits per heavy atom. The molecule has 0 N–H and O–H groups in total. The summed E-state index contributed by atoms with van der Waals surface area (Å²) in [6, 6.07) is 9.20. The molecular weight excluding hydrogens is 308 g/mol. The molecule has 0 saturated carbocycles. The van der Waals surface area contributed by atoms with Crippen LogP contribution in [-0.2, 0) is 0 Å². The minimum atomic E-state index is 0.451. The molecule has 0 aliphatic heterocycles. The van der Waals surface area contributed by atoms with E-state index in [9.17, 15) is 4.79 Å². The van der Waals surface area contributed by atoms with E-state index in [0.29, 0.717) is 33.9 Å². The number of fused-ring (bicyclic) bond motifs is 2. The maximum atomic E-state index is 11.4. The molecule has 0 aliphatic rings. The van der Waals surface area contributed by atoms with Gasteiger partial charge in [-0.15, -0.1) is 0 Å². The highest BCUT2D eigenvalue weighted by molar-refractivity contribution is 6.16. The molecule has 0 unspecified atom stereocenters. The molecule has 3 rings (SSSR count). The van der Waals surface area contributed by atoms with Crippen LogP contribution in [0.4, 0.5) is 0 Å². The summed E-state index contributed by atoms with van der Waals surface area (Å²) < 4.78 is 22.3. The van der Waals surface area contributed by atoms with Crippen molar-refractivity contribution >= 4 is 27.8 Å². The van der Waals surface area contributed by atoms with Crippen molar-refractivity contribution in [2.75, 3.05) is 28.4 Å². The molecule has 3 aromatic rings. The molecule has 5 nitrogen and oxygen atoms in total. The van der Waals surface area contributed by atoms with Gasteiger partial charge in [-0.2, -0.15) is 0 Å². The minimum absolute atomic E-state index is 0.451. The standard InChI is InChI=1S/C19H18O5/c1-21-14-7-5-6-12-15(14)18(23-3)13-9-8-11(10-20)17(22-2)16(13)19(12)24-4/h5-10H,1-4H3. The van der Waals surface area contributed by atoms with Crippen LogP contribution in [0.15, 0.2) is 30.3 Å². The van der Waals surface area contributed by atoms with Crippen LogP contribution in [0, 0.1) is 0 Å². The topological polar surface area (TPSA) is 54.0 Å². The minimum Gasteiger partial charge on any atom is -0.496 e. The van der Waals surface area contributed by atoms with Gasteiger partial charge in [0, 0.05) is 10.8 Å². The van der Waals surface area contributed by atoms with E-state index in [4.69, 9.17) is 18.9 Å². The first-order valence-corrected chi connectivity index (χ1v) is 7.38. The molecule has 3 aromatic carbocycles. The molecule has 0 saturated heterocycles. The molecule has 5 heteroatoms. The zero-order chi connectivity index (χ0) is 17.3. The Balaban J connectivity index is 2.66. The highest BCUT2D eigenvalue weighted by atomic mass is 16.5. The van der Waals surface area contributed by atoms with Gasteiger partial charge < -0.3 is 18.9 Å². The van der Waals surface area contributed by atoms with Crippen LogP contribution < -0.4 is 18.9 Å². The maximum Gasteiger partial charge on any atom is 0.153 e. The summed E-state index contributed by atoms with van der Waals surface area (Å²) in [6.07, 6.45) is 0.764. The number of hydrogen-bond acceptors (Lipinski definition) is 5. The van der Waals surface area contributed by atoms with Crippen LogP contribution in [0.3, 0.4) is 0 Å². The second-order valence-corrected chi connectivity index (χ2v) is 5.18. The third-order valence-corrected chi connectivity index (χ3v) is 4.12. The second-order valence-electron chi connectivity index (χ2n) is 5.18. The summed E-state index contributed by atoms with van der Waals surface area (Å²) in [6.45, 7) is 0. The lowest BCUT2D eigenvalue weighted by Crippen LogP contribution is -1.99. The highest BCUT2D eigenvalue weighted by Crippen LogP contribution is 2.49. The fourth-order valence-corrected chi connectivity index (χ4v) is 3.14. The average Bonchev–Trinajstić information content (AvgIpc) is 2.64. The van der Waals surface area contributed by atoms with Gasteiger partial charge in [0.15, 0.2) is 6.29 Å². The molecular formula is C19H18O5. The summed E-state index contributed by atoms with van der Waals surface area (Å²) in [5.74, 6) is 2.40. The zero-order valence-electron chi connectivity index (χ0n) is 14.0. The summed E-state index contributed by atoms with van der Waals surface area (Å²) in [5, 5.41) is 3.12. The zero-order valence-corrected chi connectivity index (χ0v) is 14.0. The van der Waals surface area contributed by atoms with E-state index < -0.39 is 0 Å². The van der Waals surface area contributed by atoms with Crippen LogP contribution >= 0.6 is 0 Å². The Morgan fingerprint density at radius 2 is 1.33 bits per heavy atom. The van der Waals surface area contributed by atoms with Gasteiger partial charge in [-0.05, 0) is 18.2 Å². The van der Waals surface area contributed by atoms with Crippen molar-refractivity contribution in [2.45, 2.75) is 0 Å². The van der Waals surface area contributed by atoms with Gasteiger partial charge in [0.2, 0.25) is 0 Å². The van der Waals surface area contributed by atoms with Crippen molar-refractivity contribution < 1.29 is 23.7 Å². The summed E-state index contributed by atoms with van der Waals surface area (Å²) in [5.41, 5.74) is 0.451. The Kier molecular flexibility index (Phi) is 4.16. The Bertz CT molecular complexity index is 930. The third kappa shape index (κ3) is 2.12. The lowest BCUT2D eigenvalue weighted by molar-refractivity contribution is 0.112. The molecule has 0 heterocycles. The van der Waals surface area contributed by atoms with Crippen LogP contribution in [-0.4, -0.2) is 34.7 Å². The van der Waals surface area contributed by atoms with Gasteiger partial charge in [-0.3, -0.25) is 4.79 Å². The first-order chi connectivity index (χ1) is 11.7. The fourth-order valence-electron chi connectivity index (χ4n) is 3.14. The highest BCUT2D eigenvalue weighted by Gasteiger charge is 2.22. The molecule has 0 radical (unpaired) electrons. The number of rotatable bonds is 5. The fraction of sp³-hybridized carbons (Fsp3) is 0.211. The molecule has 0 aliphatic carbocycles. The summed E-state index contributed by atoms with van der Waals surface area (Å²) in [4.78, 5) is 11.4. The van der Waals surface area contributed by atoms with Crippen molar-refractivity contribution in [1.29, 1.82) is 0 Å². The largest absolute Gasteiger partial charge is 0.496 e. The lowest BCUT2D eigenvalue weighted by atomic mass is 9.97. The monoisotopic (exact) mass is 326 g/mol. The summed E-state index contributed by atoms with van der Waals surface area (Å²) >= 11 is 0. The number of benzene rings is 3. The van der Waals surface area contributed by atoms with Gasteiger partial charge in [0.1, 0.15) is 23.0 Å². The van der Waals surface area contributed by atoms with Gasteiger partial charge in [-0.1, -0.05) is 12.1 Å². The average molecular weight is 326 g/mol. The van der Waals surface area contributed by atoms with Gasteiger partial charge >= 0.3 is 0 Å². The summed E-state index contributed by atoms with van der Waals surface area (Å²) in [7, 11) is 6.34. The Morgan fingerprint density at radius 1 is 0.708 bits per heavy atom. The van der Waals surface area contributed by atoms with E-state index >= 15 is 0 Å². The van der Waals surface area contributed by atoms with E-state index in [-0.39, 0.29) is 0 Å². The first-order valence-electron chi connectivity index (χ1n) is 7.38. The molecule has 24 heavy (non-hydrogen) atoms. The Hall–Kier alpha value is -2.95. The number of carbonyl (C=O) groups excluding carboxylic acids is 1. The lowest BCUT2D eigenvalue weighted by Gasteiger charge is -2.19. The molecule has 0 amide bonds.